The number of hydrazine groups is 1. The van der Waals surface area contributed by atoms with E-state index in [4.69, 9.17) is 0 Å². The lowest BCUT2D eigenvalue weighted by atomic mass is 10.1. The van der Waals surface area contributed by atoms with Gasteiger partial charge in [0.15, 0.2) is 0 Å². The van der Waals surface area contributed by atoms with Crippen molar-refractivity contribution in [2.45, 2.75) is 26.2 Å². The molecule has 2 N–H and O–H groups in total. The lowest BCUT2D eigenvalue weighted by Crippen LogP contribution is -2.42. The highest BCUT2D eigenvalue weighted by Gasteiger charge is 2.21. The molecular weight excluding hydrogens is 330 g/mol. The average molecular weight is 351 g/mol. The molecule has 0 aliphatic carbocycles. The zero-order valence-corrected chi connectivity index (χ0v) is 14.6. The number of hydrogen-bond donors (Lipinski definition) is 2. The van der Waals surface area contributed by atoms with Crippen LogP contribution >= 0.6 is 0 Å². The van der Waals surface area contributed by atoms with Crippen molar-refractivity contribution in [3.8, 4) is 0 Å². The predicted molar refractivity (Wildman–Crippen MR) is 98.5 cm³/mol. The smallest absolute Gasteiger partial charge is 0.269 e. The highest BCUT2D eigenvalue weighted by Crippen LogP contribution is 2.21. The van der Waals surface area contributed by atoms with Gasteiger partial charge in [-0.25, -0.2) is 0 Å². The van der Waals surface area contributed by atoms with Gasteiger partial charge in [0.1, 0.15) is 0 Å². The first-order valence-electron chi connectivity index (χ1n) is 8.59. The van der Waals surface area contributed by atoms with Crippen molar-refractivity contribution in [3.05, 3.63) is 65.2 Å². The fraction of sp³-hybridized carbons (Fsp3) is 0.250. The molecule has 1 fully saturated rings. The molecule has 26 heavy (non-hydrogen) atoms. The van der Waals surface area contributed by atoms with E-state index in [-0.39, 0.29) is 24.1 Å². The Balaban J connectivity index is 1.52. The number of benzene rings is 2. The van der Waals surface area contributed by atoms with Gasteiger partial charge in [0.05, 0.1) is 6.42 Å². The highest BCUT2D eigenvalue weighted by molar-refractivity contribution is 5.97. The summed E-state index contributed by atoms with van der Waals surface area (Å²) in [6.07, 6.45) is 1.61. The second-order valence-electron chi connectivity index (χ2n) is 6.31. The summed E-state index contributed by atoms with van der Waals surface area (Å²) in [6, 6.07) is 14.5. The number of rotatable bonds is 4. The van der Waals surface area contributed by atoms with Crippen molar-refractivity contribution in [1.29, 1.82) is 0 Å². The number of nitrogens with zero attached hydrogens (tertiary/aromatic N) is 1. The lowest BCUT2D eigenvalue weighted by Gasteiger charge is -2.16. The third-order valence-corrected chi connectivity index (χ3v) is 4.39. The molecule has 0 unspecified atom stereocenters. The Kier molecular flexibility index (Phi) is 5.31. The Hall–Kier alpha value is -3.15. The van der Waals surface area contributed by atoms with Gasteiger partial charge in [-0.2, -0.15) is 0 Å². The van der Waals surface area contributed by atoms with Crippen molar-refractivity contribution in [3.63, 3.8) is 0 Å². The number of nitrogens with one attached hydrogen (secondary N) is 2. The van der Waals surface area contributed by atoms with E-state index in [1.165, 1.54) is 0 Å². The predicted octanol–water partition coefficient (Wildman–Crippen LogP) is 2.13. The summed E-state index contributed by atoms with van der Waals surface area (Å²) in [5.74, 6) is -0.523. The van der Waals surface area contributed by atoms with Crippen LogP contribution in [-0.2, 0) is 16.0 Å². The minimum atomic E-state index is -0.348. The third kappa shape index (κ3) is 4.08. The molecule has 0 saturated carbocycles. The molecule has 2 aromatic rings. The number of amides is 3. The number of hydrogen-bond acceptors (Lipinski definition) is 3. The Morgan fingerprint density at radius 1 is 1.04 bits per heavy atom. The van der Waals surface area contributed by atoms with E-state index in [0.717, 1.165) is 29.8 Å². The summed E-state index contributed by atoms with van der Waals surface area (Å²) in [5, 5.41) is 0. The minimum absolute atomic E-state index is 0.134. The van der Waals surface area contributed by atoms with Crippen molar-refractivity contribution in [1.82, 2.24) is 10.9 Å². The zero-order chi connectivity index (χ0) is 18.5. The van der Waals surface area contributed by atoms with Crippen molar-refractivity contribution < 1.29 is 14.4 Å². The van der Waals surface area contributed by atoms with Gasteiger partial charge in [0.2, 0.25) is 11.8 Å². The van der Waals surface area contributed by atoms with Gasteiger partial charge in [0, 0.05) is 24.2 Å². The van der Waals surface area contributed by atoms with Crippen LogP contribution in [0.25, 0.3) is 0 Å². The maximum atomic E-state index is 12.1. The van der Waals surface area contributed by atoms with E-state index in [9.17, 15) is 14.4 Å². The van der Waals surface area contributed by atoms with E-state index < -0.39 is 0 Å². The van der Waals surface area contributed by atoms with Crippen LogP contribution in [0.1, 0.15) is 34.3 Å². The molecule has 1 aliphatic heterocycles. The zero-order valence-electron chi connectivity index (χ0n) is 14.6. The molecule has 0 radical (unpaired) electrons. The van der Waals surface area contributed by atoms with Gasteiger partial charge < -0.3 is 4.90 Å². The number of carbonyl (C=O) groups excluding carboxylic acids is 3. The SMILES string of the molecule is Cc1ccccc1C(=O)NNC(=O)Cc1ccc(N2CCCC2=O)cc1. The maximum Gasteiger partial charge on any atom is 0.269 e. The van der Waals surface area contributed by atoms with Crippen LogP contribution in [0.3, 0.4) is 0 Å². The number of anilines is 1. The van der Waals surface area contributed by atoms with Crippen LogP contribution in [0.2, 0.25) is 0 Å². The van der Waals surface area contributed by atoms with Crippen LogP contribution in [0.4, 0.5) is 5.69 Å². The first kappa shape index (κ1) is 17.7. The summed E-state index contributed by atoms with van der Waals surface area (Å²) in [4.78, 5) is 37.6. The van der Waals surface area contributed by atoms with E-state index in [1.54, 1.807) is 17.0 Å². The molecule has 0 spiro atoms. The second kappa shape index (κ2) is 7.82. The van der Waals surface area contributed by atoms with Gasteiger partial charge in [-0.3, -0.25) is 25.2 Å². The molecule has 1 saturated heterocycles. The summed E-state index contributed by atoms with van der Waals surface area (Å²) in [6.45, 7) is 2.58. The molecule has 0 bridgehead atoms. The molecule has 0 aromatic heterocycles. The van der Waals surface area contributed by atoms with Crippen molar-refractivity contribution in [2.24, 2.45) is 0 Å². The second-order valence-corrected chi connectivity index (χ2v) is 6.31. The maximum absolute atomic E-state index is 12.1. The van der Waals surface area contributed by atoms with E-state index >= 15 is 0 Å². The summed E-state index contributed by atoms with van der Waals surface area (Å²) in [5.41, 5.74) is 7.88. The van der Waals surface area contributed by atoms with Gasteiger partial charge in [-0.05, 0) is 42.7 Å². The number of aryl methyl sites for hydroxylation is 1. The quantitative estimate of drug-likeness (QED) is 0.828. The van der Waals surface area contributed by atoms with Crippen molar-refractivity contribution >= 4 is 23.4 Å². The average Bonchev–Trinajstić information content (AvgIpc) is 3.07. The molecule has 0 atom stereocenters. The molecule has 1 aliphatic rings. The van der Waals surface area contributed by atoms with E-state index in [0.29, 0.717) is 12.0 Å². The topological polar surface area (TPSA) is 78.5 Å². The summed E-state index contributed by atoms with van der Waals surface area (Å²) in [7, 11) is 0. The normalized spacial score (nSPS) is 13.6. The van der Waals surface area contributed by atoms with Crippen LogP contribution in [0.15, 0.2) is 48.5 Å². The first-order valence-corrected chi connectivity index (χ1v) is 8.59. The van der Waals surface area contributed by atoms with E-state index in [1.807, 2.05) is 43.3 Å². The highest BCUT2D eigenvalue weighted by atomic mass is 16.2. The monoisotopic (exact) mass is 351 g/mol. The van der Waals surface area contributed by atoms with Crippen LogP contribution in [0.5, 0.6) is 0 Å². The van der Waals surface area contributed by atoms with Crippen LogP contribution in [0, 0.1) is 6.92 Å². The molecule has 6 nitrogen and oxygen atoms in total. The Bertz CT molecular complexity index is 830. The van der Waals surface area contributed by atoms with Crippen molar-refractivity contribution in [2.75, 3.05) is 11.4 Å². The molecular formula is C20H21N3O3. The molecule has 6 heteroatoms. The van der Waals surface area contributed by atoms with Gasteiger partial charge in [-0.1, -0.05) is 30.3 Å². The Morgan fingerprint density at radius 2 is 1.77 bits per heavy atom. The lowest BCUT2D eigenvalue weighted by molar-refractivity contribution is -0.121. The van der Waals surface area contributed by atoms with Crippen LogP contribution < -0.4 is 15.8 Å². The molecule has 2 aromatic carbocycles. The molecule has 3 amide bonds. The standard InChI is InChI=1S/C20H21N3O3/c1-14-5-2-3-6-17(14)20(26)22-21-18(24)13-15-8-10-16(11-9-15)23-12-4-7-19(23)25/h2-3,5-6,8-11H,4,7,12-13H2,1H3,(H,21,24)(H,22,26). The van der Waals surface area contributed by atoms with E-state index in [2.05, 4.69) is 10.9 Å². The Labute approximate surface area is 152 Å². The fourth-order valence-corrected chi connectivity index (χ4v) is 2.97. The van der Waals surface area contributed by atoms with Gasteiger partial charge in [-0.15, -0.1) is 0 Å². The summed E-state index contributed by atoms with van der Waals surface area (Å²) >= 11 is 0. The van der Waals surface area contributed by atoms with Gasteiger partial charge >= 0.3 is 0 Å². The van der Waals surface area contributed by atoms with Crippen LogP contribution in [-0.4, -0.2) is 24.3 Å². The first-order chi connectivity index (χ1) is 12.5. The van der Waals surface area contributed by atoms with Gasteiger partial charge in [0.25, 0.3) is 5.91 Å². The molecule has 1 heterocycles. The Morgan fingerprint density at radius 3 is 2.42 bits per heavy atom. The molecule has 134 valence electrons. The summed E-state index contributed by atoms with van der Waals surface area (Å²) < 4.78 is 0. The minimum Gasteiger partial charge on any atom is -0.312 e. The largest absolute Gasteiger partial charge is 0.312 e. The molecule has 3 rings (SSSR count). The fourth-order valence-electron chi connectivity index (χ4n) is 2.97. The number of carbonyl (C=O) groups is 3. The third-order valence-electron chi connectivity index (χ3n) is 4.39.